The SMILES string of the molecule is CCCCN(C)c1cc(C)c(S(=O)(=O)c2ccc(O)c(C(C)(C)C)c2)c(C)c1. The van der Waals surface area contributed by atoms with Gasteiger partial charge in [-0.15, -0.1) is 0 Å². The third-order valence-electron chi connectivity index (χ3n) is 5.09. The molecule has 0 aliphatic carbocycles. The molecule has 0 aliphatic rings. The lowest BCUT2D eigenvalue weighted by atomic mass is 9.86. The summed E-state index contributed by atoms with van der Waals surface area (Å²) >= 11 is 0. The van der Waals surface area contributed by atoms with E-state index in [0.29, 0.717) is 10.5 Å². The lowest BCUT2D eigenvalue weighted by Gasteiger charge is -2.23. The molecule has 0 spiro atoms. The van der Waals surface area contributed by atoms with Gasteiger partial charge in [-0.1, -0.05) is 34.1 Å². The highest BCUT2D eigenvalue weighted by atomic mass is 32.2. The Hall–Kier alpha value is -2.01. The molecule has 4 nitrogen and oxygen atoms in total. The molecular weight excluding hydrogens is 370 g/mol. The molecule has 2 aromatic carbocycles. The molecule has 154 valence electrons. The van der Waals surface area contributed by atoms with E-state index < -0.39 is 9.84 Å². The van der Waals surface area contributed by atoms with Gasteiger partial charge >= 0.3 is 0 Å². The summed E-state index contributed by atoms with van der Waals surface area (Å²) in [6.45, 7) is 12.7. The number of unbranched alkanes of at least 4 members (excludes halogenated alkanes) is 1. The van der Waals surface area contributed by atoms with Crippen molar-refractivity contribution in [1.82, 2.24) is 0 Å². The Morgan fingerprint density at radius 3 is 2.11 bits per heavy atom. The van der Waals surface area contributed by atoms with Gasteiger partial charge in [0.25, 0.3) is 0 Å². The third kappa shape index (κ3) is 4.52. The van der Waals surface area contributed by atoms with E-state index in [9.17, 15) is 13.5 Å². The normalized spacial score (nSPS) is 12.2. The van der Waals surface area contributed by atoms with Gasteiger partial charge in [-0.3, -0.25) is 0 Å². The van der Waals surface area contributed by atoms with Crippen LogP contribution in [0, 0.1) is 13.8 Å². The van der Waals surface area contributed by atoms with E-state index in [-0.39, 0.29) is 16.1 Å². The molecule has 0 saturated carbocycles. The average Bonchev–Trinajstić information content (AvgIpc) is 2.57. The molecule has 28 heavy (non-hydrogen) atoms. The minimum Gasteiger partial charge on any atom is -0.508 e. The monoisotopic (exact) mass is 403 g/mol. The molecule has 5 heteroatoms. The molecular formula is C23H33NO3S. The predicted molar refractivity (Wildman–Crippen MR) is 116 cm³/mol. The summed E-state index contributed by atoms with van der Waals surface area (Å²) in [5.41, 5.74) is 2.78. The molecule has 0 bridgehead atoms. The maximum absolute atomic E-state index is 13.4. The summed E-state index contributed by atoms with van der Waals surface area (Å²) in [4.78, 5) is 2.73. The first-order valence-corrected chi connectivity index (χ1v) is 11.3. The second kappa shape index (κ2) is 8.16. The van der Waals surface area contributed by atoms with Crippen LogP contribution in [0.25, 0.3) is 0 Å². The number of sulfone groups is 1. The second-order valence-corrected chi connectivity index (χ2v) is 10.5. The van der Waals surface area contributed by atoms with Crippen molar-refractivity contribution in [2.24, 2.45) is 0 Å². The highest BCUT2D eigenvalue weighted by Crippen LogP contribution is 2.36. The Bertz CT molecular complexity index is 933. The van der Waals surface area contributed by atoms with Crippen molar-refractivity contribution in [3.63, 3.8) is 0 Å². The van der Waals surface area contributed by atoms with Gasteiger partial charge in [-0.2, -0.15) is 0 Å². The van der Waals surface area contributed by atoms with E-state index in [0.717, 1.165) is 36.2 Å². The van der Waals surface area contributed by atoms with Crippen molar-refractivity contribution < 1.29 is 13.5 Å². The number of hydrogen-bond acceptors (Lipinski definition) is 4. The van der Waals surface area contributed by atoms with Gasteiger partial charge in [0.1, 0.15) is 5.75 Å². The summed E-state index contributed by atoms with van der Waals surface area (Å²) in [5.74, 6) is 0.118. The van der Waals surface area contributed by atoms with Gasteiger partial charge in [0.15, 0.2) is 0 Å². The molecule has 0 radical (unpaired) electrons. The molecule has 0 aliphatic heterocycles. The van der Waals surface area contributed by atoms with Crippen LogP contribution in [0.15, 0.2) is 40.1 Å². The fraction of sp³-hybridized carbons (Fsp3) is 0.478. The van der Waals surface area contributed by atoms with Gasteiger partial charge in [-0.25, -0.2) is 8.42 Å². The van der Waals surface area contributed by atoms with Crippen molar-refractivity contribution >= 4 is 15.5 Å². The number of phenolic OH excluding ortho intramolecular Hbond substituents is 1. The number of phenols is 1. The summed E-state index contributed by atoms with van der Waals surface area (Å²) < 4.78 is 26.8. The van der Waals surface area contributed by atoms with E-state index >= 15 is 0 Å². The zero-order chi connectivity index (χ0) is 21.3. The Morgan fingerprint density at radius 1 is 1.04 bits per heavy atom. The van der Waals surface area contributed by atoms with Gasteiger partial charge in [0.2, 0.25) is 9.84 Å². The molecule has 0 fully saturated rings. The second-order valence-electron chi connectivity index (χ2n) is 8.62. The third-order valence-corrected chi connectivity index (χ3v) is 7.14. The Labute approximate surface area is 170 Å². The maximum Gasteiger partial charge on any atom is 0.207 e. The van der Waals surface area contributed by atoms with Crippen LogP contribution in [-0.2, 0) is 15.3 Å². The molecule has 1 N–H and O–H groups in total. The molecule has 0 saturated heterocycles. The van der Waals surface area contributed by atoms with Gasteiger partial charge < -0.3 is 10.0 Å². The van der Waals surface area contributed by atoms with Gasteiger partial charge in [0, 0.05) is 24.8 Å². The zero-order valence-corrected chi connectivity index (χ0v) is 18.9. The van der Waals surface area contributed by atoms with Crippen molar-refractivity contribution in [3.8, 4) is 5.75 Å². The van der Waals surface area contributed by atoms with E-state index in [1.165, 1.54) is 12.1 Å². The topological polar surface area (TPSA) is 57.6 Å². The van der Waals surface area contributed by atoms with Crippen LogP contribution in [0.3, 0.4) is 0 Å². The number of benzene rings is 2. The quantitative estimate of drug-likeness (QED) is 0.704. The number of hydrogen-bond donors (Lipinski definition) is 1. The summed E-state index contributed by atoms with van der Waals surface area (Å²) in [7, 11) is -1.65. The van der Waals surface area contributed by atoms with Crippen molar-refractivity contribution in [3.05, 3.63) is 47.0 Å². The van der Waals surface area contributed by atoms with E-state index in [1.807, 2.05) is 53.8 Å². The van der Waals surface area contributed by atoms with Crippen molar-refractivity contribution in [2.75, 3.05) is 18.5 Å². The van der Waals surface area contributed by atoms with Gasteiger partial charge in [-0.05, 0) is 67.1 Å². The highest BCUT2D eigenvalue weighted by Gasteiger charge is 2.26. The fourth-order valence-electron chi connectivity index (χ4n) is 3.50. The zero-order valence-electron chi connectivity index (χ0n) is 18.1. The summed E-state index contributed by atoms with van der Waals surface area (Å²) in [5, 5.41) is 10.2. The number of nitrogens with zero attached hydrogens (tertiary/aromatic N) is 1. The first-order chi connectivity index (χ1) is 12.9. The van der Waals surface area contributed by atoms with Crippen LogP contribution < -0.4 is 4.90 Å². The fourth-order valence-corrected chi connectivity index (χ4v) is 5.22. The van der Waals surface area contributed by atoms with Crippen LogP contribution >= 0.6 is 0 Å². The molecule has 0 heterocycles. The predicted octanol–water partition coefficient (Wildman–Crippen LogP) is 5.38. The highest BCUT2D eigenvalue weighted by molar-refractivity contribution is 7.91. The first kappa shape index (κ1) is 22.3. The summed E-state index contributed by atoms with van der Waals surface area (Å²) in [6, 6.07) is 8.46. The van der Waals surface area contributed by atoms with Crippen molar-refractivity contribution in [2.45, 2.75) is 69.6 Å². The Balaban J connectivity index is 2.55. The number of aryl methyl sites for hydroxylation is 2. The molecule has 2 aromatic rings. The number of rotatable bonds is 6. The molecule has 0 atom stereocenters. The number of anilines is 1. The van der Waals surface area contributed by atoms with E-state index in [4.69, 9.17) is 0 Å². The Morgan fingerprint density at radius 2 is 1.61 bits per heavy atom. The lowest BCUT2D eigenvalue weighted by Crippen LogP contribution is -2.19. The smallest absolute Gasteiger partial charge is 0.207 e. The van der Waals surface area contributed by atoms with Crippen LogP contribution in [0.1, 0.15) is 57.2 Å². The molecule has 0 amide bonds. The lowest BCUT2D eigenvalue weighted by molar-refractivity contribution is 0.445. The minimum absolute atomic E-state index is 0.118. The van der Waals surface area contributed by atoms with E-state index in [1.54, 1.807) is 6.07 Å². The molecule has 0 aromatic heterocycles. The first-order valence-electron chi connectivity index (χ1n) is 9.80. The van der Waals surface area contributed by atoms with E-state index in [2.05, 4.69) is 11.8 Å². The maximum atomic E-state index is 13.4. The van der Waals surface area contributed by atoms with Gasteiger partial charge in [0.05, 0.1) is 9.79 Å². The average molecular weight is 404 g/mol. The standard InChI is InChI=1S/C23H33NO3S/c1-8-9-12-24(7)18-13-16(2)22(17(3)14-18)28(26,27)19-10-11-21(25)20(15-19)23(4,5)6/h10-11,13-15,25H,8-9,12H2,1-7H3. The van der Waals surface area contributed by atoms with Crippen LogP contribution in [0.4, 0.5) is 5.69 Å². The van der Waals surface area contributed by atoms with Crippen LogP contribution in [0.2, 0.25) is 0 Å². The largest absolute Gasteiger partial charge is 0.508 e. The summed E-state index contributed by atoms with van der Waals surface area (Å²) in [6.07, 6.45) is 2.21. The van der Waals surface area contributed by atoms with Crippen LogP contribution in [-0.4, -0.2) is 27.1 Å². The van der Waals surface area contributed by atoms with Crippen LogP contribution in [0.5, 0.6) is 5.75 Å². The minimum atomic E-state index is -3.69. The van der Waals surface area contributed by atoms with Crippen molar-refractivity contribution in [1.29, 1.82) is 0 Å². The molecule has 0 unspecified atom stereocenters. The Kier molecular flexibility index (Phi) is 6.49. The molecule has 2 rings (SSSR count). The number of aromatic hydroxyl groups is 1.